The monoisotopic (exact) mass is 273 g/mol. The highest BCUT2D eigenvalue weighted by atomic mass is 15.3. The molecule has 1 atom stereocenters. The lowest BCUT2D eigenvalue weighted by Crippen LogP contribution is -2.31. The Bertz CT molecular complexity index is 556. The molecule has 1 aliphatic heterocycles. The molecular formula is C15H23N5. The van der Waals surface area contributed by atoms with Gasteiger partial charge in [0, 0.05) is 51.2 Å². The predicted octanol–water partition coefficient (Wildman–Crippen LogP) is 1.79. The van der Waals surface area contributed by atoms with Gasteiger partial charge in [0.05, 0.1) is 5.69 Å². The van der Waals surface area contributed by atoms with Gasteiger partial charge < -0.3 is 9.47 Å². The molecule has 0 saturated heterocycles. The SMILES string of the molecule is CCn1nccc1CN(C)C[C@@H]1CCc2nccn2C1. The molecule has 108 valence electrons. The number of imidazole rings is 1. The van der Waals surface area contributed by atoms with Crippen molar-refractivity contribution in [1.29, 1.82) is 0 Å². The maximum absolute atomic E-state index is 4.39. The van der Waals surface area contributed by atoms with E-state index < -0.39 is 0 Å². The average Bonchev–Trinajstić information content (AvgIpc) is 3.06. The van der Waals surface area contributed by atoms with Gasteiger partial charge in [0.15, 0.2) is 0 Å². The van der Waals surface area contributed by atoms with Crippen molar-refractivity contribution in [2.45, 2.75) is 39.4 Å². The molecule has 20 heavy (non-hydrogen) atoms. The van der Waals surface area contributed by atoms with Crippen molar-refractivity contribution >= 4 is 0 Å². The van der Waals surface area contributed by atoms with Crippen LogP contribution in [0.2, 0.25) is 0 Å². The Hall–Kier alpha value is -1.62. The van der Waals surface area contributed by atoms with Crippen LogP contribution in [0.5, 0.6) is 0 Å². The van der Waals surface area contributed by atoms with E-state index in [4.69, 9.17) is 0 Å². The zero-order valence-electron chi connectivity index (χ0n) is 12.4. The zero-order chi connectivity index (χ0) is 13.9. The van der Waals surface area contributed by atoms with Crippen LogP contribution < -0.4 is 0 Å². The van der Waals surface area contributed by atoms with Gasteiger partial charge in [-0.2, -0.15) is 5.10 Å². The molecule has 0 unspecified atom stereocenters. The third-order valence-corrected chi connectivity index (χ3v) is 4.14. The summed E-state index contributed by atoms with van der Waals surface area (Å²) in [5.74, 6) is 1.97. The summed E-state index contributed by atoms with van der Waals surface area (Å²) in [6.45, 7) is 6.29. The summed E-state index contributed by atoms with van der Waals surface area (Å²) in [6.07, 6.45) is 8.27. The van der Waals surface area contributed by atoms with Crippen molar-refractivity contribution in [3.8, 4) is 0 Å². The molecule has 5 nitrogen and oxygen atoms in total. The molecule has 0 bridgehead atoms. The van der Waals surface area contributed by atoms with E-state index in [0.29, 0.717) is 0 Å². The van der Waals surface area contributed by atoms with Crippen molar-refractivity contribution in [3.05, 3.63) is 36.2 Å². The average molecular weight is 273 g/mol. The lowest BCUT2D eigenvalue weighted by Gasteiger charge is -2.28. The number of aromatic nitrogens is 4. The van der Waals surface area contributed by atoms with Crippen LogP contribution in [0.25, 0.3) is 0 Å². The second kappa shape index (κ2) is 5.79. The van der Waals surface area contributed by atoms with Crippen LogP contribution in [0.4, 0.5) is 0 Å². The molecule has 0 radical (unpaired) electrons. The summed E-state index contributed by atoms with van der Waals surface area (Å²) in [7, 11) is 2.20. The number of rotatable bonds is 5. The molecule has 2 aromatic heterocycles. The number of nitrogens with zero attached hydrogens (tertiary/aromatic N) is 5. The van der Waals surface area contributed by atoms with Crippen LogP contribution in [0.1, 0.15) is 24.9 Å². The van der Waals surface area contributed by atoms with E-state index in [1.807, 2.05) is 12.4 Å². The van der Waals surface area contributed by atoms with Crippen molar-refractivity contribution in [2.75, 3.05) is 13.6 Å². The van der Waals surface area contributed by atoms with E-state index in [1.165, 1.54) is 17.9 Å². The summed E-state index contributed by atoms with van der Waals surface area (Å²) in [6, 6.07) is 2.12. The molecule has 2 aromatic rings. The summed E-state index contributed by atoms with van der Waals surface area (Å²) >= 11 is 0. The number of hydrogen-bond donors (Lipinski definition) is 0. The molecule has 1 aliphatic rings. The largest absolute Gasteiger partial charge is 0.335 e. The fourth-order valence-corrected chi connectivity index (χ4v) is 3.15. The molecule has 0 aliphatic carbocycles. The standard InChI is InChI=1S/C15H23N5/c1-3-20-14(6-7-17-20)12-18(2)10-13-4-5-15-16-8-9-19(15)11-13/h6-9,13H,3-5,10-12H2,1-2H3/t13-/m0/s1. The summed E-state index contributed by atoms with van der Waals surface area (Å²) < 4.78 is 4.38. The van der Waals surface area contributed by atoms with E-state index >= 15 is 0 Å². The summed E-state index contributed by atoms with van der Waals surface area (Å²) in [5.41, 5.74) is 1.30. The lowest BCUT2D eigenvalue weighted by atomic mass is 9.99. The first-order chi connectivity index (χ1) is 9.76. The van der Waals surface area contributed by atoms with Crippen molar-refractivity contribution in [1.82, 2.24) is 24.2 Å². The Balaban J connectivity index is 1.56. The number of hydrogen-bond acceptors (Lipinski definition) is 3. The minimum atomic E-state index is 0.722. The van der Waals surface area contributed by atoms with E-state index in [2.05, 4.69) is 50.5 Å². The first-order valence-electron chi connectivity index (χ1n) is 7.45. The summed E-state index contributed by atoms with van der Waals surface area (Å²) in [4.78, 5) is 6.80. The van der Waals surface area contributed by atoms with Crippen molar-refractivity contribution in [3.63, 3.8) is 0 Å². The Morgan fingerprint density at radius 3 is 3.15 bits per heavy atom. The van der Waals surface area contributed by atoms with E-state index in [9.17, 15) is 0 Å². The molecule has 0 fully saturated rings. The Morgan fingerprint density at radius 1 is 1.40 bits per heavy atom. The van der Waals surface area contributed by atoms with Gasteiger partial charge in [0.2, 0.25) is 0 Å². The second-order valence-corrected chi connectivity index (χ2v) is 5.74. The van der Waals surface area contributed by atoms with Gasteiger partial charge in [-0.05, 0) is 32.4 Å². The highest BCUT2D eigenvalue weighted by molar-refractivity contribution is 5.01. The molecule has 0 amide bonds. The molecule has 5 heteroatoms. The quantitative estimate of drug-likeness (QED) is 0.834. The molecule has 3 rings (SSSR count). The van der Waals surface area contributed by atoms with Gasteiger partial charge in [0.1, 0.15) is 5.82 Å². The topological polar surface area (TPSA) is 38.9 Å². The molecule has 0 aromatic carbocycles. The molecule has 0 saturated carbocycles. The van der Waals surface area contributed by atoms with Crippen LogP contribution >= 0.6 is 0 Å². The molecule has 0 N–H and O–H groups in total. The minimum Gasteiger partial charge on any atom is -0.335 e. The molecule has 3 heterocycles. The van der Waals surface area contributed by atoms with Crippen molar-refractivity contribution < 1.29 is 0 Å². The summed E-state index contributed by atoms with van der Waals surface area (Å²) in [5, 5.41) is 4.33. The highest BCUT2D eigenvalue weighted by Crippen LogP contribution is 2.20. The van der Waals surface area contributed by atoms with Crippen LogP contribution in [0, 0.1) is 5.92 Å². The van der Waals surface area contributed by atoms with E-state index in [1.54, 1.807) is 0 Å². The van der Waals surface area contributed by atoms with Gasteiger partial charge in [-0.25, -0.2) is 4.98 Å². The number of fused-ring (bicyclic) bond motifs is 1. The van der Waals surface area contributed by atoms with Crippen molar-refractivity contribution in [2.24, 2.45) is 5.92 Å². The van der Waals surface area contributed by atoms with Gasteiger partial charge in [-0.15, -0.1) is 0 Å². The Labute approximate surface area is 120 Å². The molecule has 0 spiro atoms. The van der Waals surface area contributed by atoms with Gasteiger partial charge in [-0.1, -0.05) is 0 Å². The van der Waals surface area contributed by atoms with E-state index in [-0.39, 0.29) is 0 Å². The lowest BCUT2D eigenvalue weighted by molar-refractivity contribution is 0.224. The van der Waals surface area contributed by atoms with Crippen LogP contribution in [-0.2, 0) is 26.1 Å². The third kappa shape index (κ3) is 2.77. The van der Waals surface area contributed by atoms with Crippen LogP contribution in [0.15, 0.2) is 24.7 Å². The third-order valence-electron chi connectivity index (χ3n) is 4.14. The fourth-order valence-electron chi connectivity index (χ4n) is 3.15. The first kappa shape index (κ1) is 13.4. The Kier molecular flexibility index (Phi) is 3.87. The maximum Gasteiger partial charge on any atom is 0.108 e. The second-order valence-electron chi connectivity index (χ2n) is 5.74. The van der Waals surface area contributed by atoms with Crippen LogP contribution in [-0.4, -0.2) is 37.8 Å². The normalized spacial score (nSPS) is 18.4. The number of aryl methyl sites for hydroxylation is 2. The molecular weight excluding hydrogens is 250 g/mol. The Morgan fingerprint density at radius 2 is 2.30 bits per heavy atom. The minimum absolute atomic E-state index is 0.722. The predicted molar refractivity (Wildman–Crippen MR) is 78.3 cm³/mol. The van der Waals surface area contributed by atoms with Crippen LogP contribution in [0.3, 0.4) is 0 Å². The highest BCUT2D eigenvalue weighted by Gasteiger charge is 2.20. The fraction of sp³-hybridized carbons (Fsp3) is 0.600. The maximum atomic E-state index is 4.39. The first-order valence-corrected chi connectivity index (χ1v) is 7.45. The van der Waals surface area contributed by atoms with Gasteiger partial charge >= 0.3 is 0 Å². The van der Waals surface area contributed by atoms with Gasteiger partial charge in [0.25, 0.3) is 0 Å². The zero-order valence-corrected chi connectivity index (χ0v) is 12.4. The van der Waals surface area contributed by atoms with E-state index in [0.717, 1.165) is 38.5 Å². The van der Waals surface area contributed by atoms with Gasteiger partial charge in [-0.3, -0.25) is 4.68 Å². The smallest absolute Gasteiger partial charge is 0.108 e.